The molecule has 0 spiro atoms. The van der Waals surface area contributed by atoms with Gasteiger partial charge in [0.25, 0.3) is 0 Å². The monoisotopic (exact) mass is 162 g/mol. The van der Waals surface area contributed by atoms with Crippen molar-refractivity contribution >= 4 is 12.1 Å². The maximum absolute atomic E-state index is 10.5. The van der Waals surface area contributed by atoms with Crippen LogP contribution in [0, 0.1) is 0 Å². The summed E-state index contributed by atoms with van der Waals surface area (Å²) in [5.41, 5.74) is 3.34. The van der Waals surface area contributed by atoms with Crippen LogP contribution in [0.5, 0.6) is 0 Å². The summed E-state index contributed by atoms with van der Waals surface area (Å²) in [6.45, 7) is 1.15. The van der Waals surface area contributed by atoms with Gasteiger partial charge in [0, 0.05) is 0 Å². The van der Waals surface area contributed by atoms with Crippen LogP contribution in [0.3, 0.4) is 0 Å². The Morgan fingerprint density at radius 1 is 1.64 bits per heavy atom. The lowest BCUT2D eigenvalue weighted by Gasteiger charge is -2.19. The number of aliphatic carboxylic acids is 1. The molecule has 0 unspecified atom stereocenters. The number of hydrogen-bond acceptors (Lipinski definition) is 4. The van der Waals surface area contributed by atoms with Gasteiger partial charge in [-0.3, -0.25) is 11.1 Å². The predicted octanol–water partition coefficient (Wildman–Crippen LogP) is -0.898. The molecule has 11 heavy (non-hydrogen) atoms. The highest BCUT2D eigenvalue weighted by Gasteiger charge is 2.29. The first-order valence-corrected chi connectivity index (χ1v) is 2.78. The van der Waals surface area contributed by atoms with Crippen LogP contribution in [0.15, 0.2) is 0 Å². The predicted molar refractivity (Wildman–Crippen MR) is 35.8 cm³/mol. The van der Waals surface area contributed by atoms with Crippen molar-refractivity contribution < 1.29 is 19.4 Å². The van der Waals surface area contributed by atoms with Gasteiger partial charge < -0.3 is 9.84 Å². The van der Waals surface area contributed by atoms with E-state index in [1.165, 1.54) is 0 Å². The summed E-state index contributed by atoms with van der Waals surface area (Å²) >= 11 is 0. The number of carbonyl (C=O) groups is 2. The highest BCUT2D eigenvalue weighted by atomic mass is 16.5. The molecule has 0 aliphatic rings. The summed E-state index contributed by atoms with van der Waals surface area (Å²) in [4.78, 5) is 20.7. The third-order valence-electron chi connectivity index (χ3n) is 0.991. The number of hydrogen-bond donors (Lipinski definition) is 3. The maximum atomic E-state index is 10.5. The number of carboxylic acids is 1. The Morgan fingerprint density at radius 2 is 2.09 bits per heavy atom. The lowest BCUT2D eigenvalue weighted by Crippen LogP contribution is -2.59. The average molecular weight is 162 g/mol. The zero-order valence-electron chi connectivity index (χ0n) is 6.25. The minimum absolute atomic E-state index is 0.877. The number of nitrogens with one attached hydrogen (secondary N) is 1. The van der Waals surface area contributed by atoms with Crippen LogP contribution in [-0.4, -0.2) is 29.9 Å². The number of rotatable bonds is 2. The molecule has 64 valence electrons. The fraction of sp³-hybridized carbons (Fsp3) is 0.600. The standard InChI is InChI=1S/C5H10N2O4/c1-5(6,3(8)9)7-4(10)11-2/h6H2,1-2H3,(H,7,10)(H,8,9)/t5-/m1/s1. The van der Waals surface area contributed by atoms with Crippen LogP contribution < -0.4 is 11.1 Å². The lowest BCUT2D eigenvalue weighted by molar-refractivity contribution is -0.143. The molecular weight excluding hydrogens is 152 g/mol. The van der Waals surface area contributed by atoms with E-state index in [0.717, 1.165) is 14.0 Å². The van der Waals surface area contributed by atoms with Crippen molar-refractivity contribution in [3.05, 3.63) is 0 Å². The zero-order valence-corrected chi connectivity index (χ0v) is 6.25. The van der Waals surface area contributed by atoms with Crippen molar-refractivity contribution in [3.63, 3.8) is 0 Å². The summed E-state index contributed by atoms with van der Waals surface area (Å²) in [7, 11) is 1.12. The second-order valence-electron chi connectivity index (χ2n) is 2.12. The first-order valence-electron chi connectivity index (χ1n) is 2.78. The van der Waals surface area contributed by atoms with Gasteiger partial charge in [-0.2, -0.15) is 0 Å². The second-order valence-corrected chi connectivity index (χ2v) is 2.12. The smallest absolute Gasteiger partial charge is 0.408 e. The summed E-state index contributed by atoms with van der Waals surface area (Å²) in [6, 6.07) is 0. The maximum Gasteiger partial charge on any atom is 0.408 e. The Balaban J connectivity index is 4.12. The first-order chi connectivity index (χ1) is 4.90. The summed E-state index contributed by atoms with van der Waals surface area (Å²) in [5, 5.41) is 10.3. The average Bonchev–Trinajstić information content (AvgIpc) is 1.86. The van der Waals surface area contributed by atoms with Crippen molar-refractivity contribution in [2.45, 2.75) is 12.6 Å². The molecule has 0 fully saturated rings. The van der Waals surface area contributed by atoms with E-state index in [1.807, 2.05) is 5.32 Å². The molecule has 0 radical (unpaired) electrons. The van der Waals surface area contributed by atoms with Crippen LogP contribution >= 0.6 is 0 Å². The van der Waals surface area contributed by atoms with Crippen molar-refractivity contribution in [2.75, 3.05) is 7.11 Å². The van der Waals surface area contributed by atoms with Gasteiger partial charge in [0.05, 0.1) is 7.11 Å². The highest BCUT2D eigenvalue weighted by molar-refractivity contribution is 5.82. The van der Waals surface area contributed by atoms with E-state index in [9.17, 15) is 9.59 Å². The van der Waals surface area contributed by atoms with Crippen molar-refractivity contribution in [1.29, 1.82) is 0 Å². The highest BCUT2D eigenvalue weighted by Crippen LogP contribution is 1.93. The first kappa shape index (κ1) is 9.70. The minimum Gasteiger partial charge on any atom is -0.479 e. The number of carbonyl (C=O) groups excluding carboxylic acids is 1. The fourth-order valence-electron chi connectivity index (χ4n) is 0.317. The second kappa shape index (κ2) is 3.20. The largest absolute Gasteiger partial charge is 0.479 e. The van der Waals surface area contributed by atoms with Gasteiger partial charge in [-0.1, -0.05) is 0 Å². The van der Waals surface area contributed by atoms with Crippen LogP contribution in [-0.2, 0) is 9.53 Å². The van der Waals surface area contributed by atoms with Gasteiger partial charge in [0.2, 0.25) is 0 Å². The number of amides is 1. The van der Waals surface area contributed by atoms with Crippen LogP contribution in [0.4, 0.5) is 4.79 Å². The van der Waals surface area contributed by atoms with E-state index >= 15 is 0 Å². The molecule has 6 nitrogen and oxygen atoms in total. The van der Waals surface area contributed by atoms with Crippen LogP contribution in [0.1, 0.15) is 6.92 Å². The summed E-state index contributed by atoms with van der Waals surface area (Å²) in [5.74, 6) is -1.33. The lowest BCUT2D eigenvalue weighted by atomic mass is 10.2. The molecule has 0 saturated heterocycles. The molecule has 1 atom stereocenters. The SMILES string of the molecule is COC(=O)N[C@@](C)(N)C(=O)O. The molecule has 0 aliphatic heterocycles. The van der Waals surface area contributed by atoms with Gasteiger partial charge in [-0.15, -0.1) is 0 Å². The Morgan fingerprint density at radius 3 is 2.36 bits per heavy atom. The van der Waals surface area contributed by atoms with Gasteiger partial charge in [0.1, 0.15) is 0 Å². The Kier molecular flexibility index (Phi) is 2.82. The van der Waals surface area contributed by atoms with E-state index in [4.69, 9.17) is 10.8 Å². The van der Waals surface area contributed by atoms with E-state index < -0.39 is 17.7 Å². The topological polar surface area (TPSA) is 102 Å². The molecule has 4 N–H and O–H groups in total. The van der Waals surface area contributed by atoms with Crippen LogP contribution in [0.2, 0.25) is 0 Å². The van der Waals surface area contributed by atoms with Crippen LogP contribution in [0.25, 0.3) is 0 Å². The normalized spacial score (nSPS) is 14.8. The molecule has 0 rings (SSSR count). The molecule has 0 aromatic rings. The quantitative estimate of drug-likeness (QED) is 0.457. The Bertz CT molecular complexity index is 177. The number of ether oxygens (including phenoxy) is 1. The van der Waals surface area contributed by atoms with Gasteiger partial charge in [0.15, 0.2) is 5.66 Å². The van der Waals surface area contributed by atoms with Crippen molar-refractivity contribution in [2.24, 2.45) is 5.73 Å². The molecular formula is C5H10N2O4. The molecule has 0 aliphatic carbocycles. The molecule has 1 amide bonds. The number of alkyl carbamates (subject to hydrolysis) is 1. The molecule has 0 aromatic carbocycles. The van der Waals surface area contributed by atoms with Gasteiger partial charge >= 0.3 is 12.1 Å². The summed E-state index contributed by atoms with van der Waals surface area (Å²) < 4.78 is 4.14. The third-order valence-corrected chi connectivity index (χ3v) is 0.991. The Hall–Kier alpha value is -1.30. The summed E-state index contributed by atoms with van der Waals surface area (Å²) in [6.07, 6.45) is -0.877. The van der Waals surface area contributed by atoms with E-state index in [1.54, 1.807) is 0 Å². The molecule has 0 aromatic heterocycles. The number of nitrogens with two attached hydrogens (primary N) is 1. The molecule has 0 bridgehead atoms. The van der Waals surface area contributed by atoms with E-state index in [-0.39, 0.29) is 0 Å². The molecule has 0 heterocycles. The fourth-order valence-corrected chi connectivity index (χ4v) is 0.317. The van der Waals surface area contributed by atoms with Gasteiger partial charge in [-0.25, -0.2) is 9.59 Å². The molecule has 6 heteroatoms. The third kappa shape index (κ3) is 2.85. The zero-order chi connectivity index (χ0) is 9.07. The van der Waals surface area contributed by atoms with Crippen molar-refractivity contribution in [1.82, 2.24) is 5.32 Å². The number of carboxylic acid groups (broad SMARTS) is 1. The van der Waals surface area contributed by atoms with Gasteiger partial charge in [-0.05, 0) is 6.92 Å². The Labute approximate surface area is 63.3 Å². The molecule has 0 saturated carbocycles. The van der Waals surface area contributed by atoms with E-state index in [0.29, 0.717) is 0 Å². The van der Waals surface area contributed by atoms with Crippen molar-refractivity contribution in [3.8, 4) is 0 Å². The number of methoxy groups -OCH3 is 1. The minimum atomic E-state index is -1.78. The van der Waals surface area contributed by atoms with E-state index in [2.05, 4.69) is 4.74 Å².